The zero-order valence-corrected chi connectivity index (χ0v) is 14.1. The van der Waals surface area contributed by atoms with Gasteiger partial charge in [0, 0.05) is 6.61 Å². The largest absolute Gasteiger partial charge is 0.478 e. The lowest BCUT2D eigenvalue weighted by atomic mass is 10.1. The van der Waals surface area contributed by atoms with Gasteiger partial charge in [0.1, 0.15) is 0 Å². The van der Waals surface area contributed by atoms with Crippen LogP contribution in [0.3, 0.4) is 0 Å². The van der Waals surface area contributed by atoms with Crippen molar-refractivity contribution in [3.8, 4) is 0 Å². The van der Waals surface area contributed by atoms with Crippen molar-refractivity contribution >= 4 is 5.97 Å². The van der Waals surface area contributed by atoms with Crippen LogP contribution in [0.1, 0.15) is 72.6 Å². The molecule has 1 N–H and O–H groups in total. The van der Waals surface area contributed by atoms with Gasteiger partial charge in [-0.1, -0.05) is 45.1 Å². The van der Waals surface area contributed by atoms with E-state index in [0.29, 0.717) is 12.2 Å². The Morgan fingerprint density at radius 1 is 1.10 bits per heavy atom. The molecule has 2 unspecified atom stereocenters. The molecule has 0 aliphatic rings. The molecule has 4 heteroatoms. The number of ether oxygens (including phenoxy) is 2. The minimum absolute atomic E-state index is 0.329. The molecule has 0 amide bonds. The number of hydrogen-bond acceptors (Lipinski definition) is 3. The van der Waals surface area contributed by atoms with Crippen LogP contribution < -0.4 is 0 Å². The minimum Gasteiger partial charge on any atom is -0.478 e. The predicted molar refractivity (Wildman–Crippen MR) is 85.3 cm³/mol. The molecule has 2 atom stereocenters. The lowest BCUT2D eigenvalue weighted by molar-refractivity contribution is -0.151. The Bertz CT molecular complexity index is 299. The fourth-order valence-electron chi connectivity index (χ4n) is 2.24. The van der Waals surface area contributed by atoms with E-state index in [2.05, 4.69) is 6.92 Å². The van der Waals surface area contributed by atoms with E-state index in [9.17, 15) is 9.90 Å². The predicted octanol–water partition coefficient (Wildman–Crippen LogP) is 4.54. The highest BCUT2D eigenvalue weighted by atomic mass is 16.7. The van der Waals surface area contributed by atoms with Crippen molar-refractivity contribution in [3.63, 3.8) is 0 Å². The highest BCUT2D eigenvalue weighted by Crippen LogP contribution is 2.14. The van der Waals surface area contributed by atoms with Crippen molar-refractivity contribution in [2.75, 3.05) is 6.61 Å². The monoisotopic (exact) mass is 300 g/mol. The highest BCUT2D eigenvalue weighted by molar-refractivity contribution is 5.87. The summed E-state index contributed by atoms with van der Waals surface area (Å²) in [4.78, 5) is 11.3. The van der Waals surface area contributed by atoms with Gasteiger partial charge in [0.05, 0.1) is 11.7 Å². The fourth-order valence-corrected chi connectivity index (χ4v) is 2.24. The smallest absolute Gasteiger partial charge is 0.333 e. The van der Waals surface area contributed by atoms with Gasteiger partial charge in [0.2, 0.25) is 0 Å². The zero-order valence-electron chi connectivity index (χ0n) is 14.1. The Balaban J connectivity index is 4.15. The number of hydrogen-bond donors (Lipinski definition) is 1. The summed E-state index contributed by atoms with van der Waals surface area (Å²) < 4.78 is 10.8. The van der Waals surface area contributed by atoms with Gasteiger partial charge < -0.3 is 14.6 Å². The molecule has 0 rings (SSSR count). The second kappa shape index (κ2) is 12.8. The Kier molecular flexibility index (Phi) is 12.3. The van der Waals surface area contributed by atoms with Crippen LogP contribution in [0.4, 0.5) is 0 Å². The van der Waals surface area contributed by atoms with Gasteiger partial charge in [0.15, 0.2) is 6.29 Å². The second-order valence-corrected chi connectivity index (χ2v) is 5.32. The summed E-state index contributed by atoms with van der Waals surface area (Å²) in [7, 11) is 0. The van der Waals surface area contributed by atoms with Crippen LogP contribution in [0.5, 0.6) is 0 Å². The number of aliphatic carboxylic acids is 1. The topological polar surface area (TPSA) is 55.8 Å². The van der Waals surface area contributed by atoms with Crippen molar-refractivity contribution in [1.82, 2.24) is 0 Å². The molecule has 4 nitrogen and oxygen atoms in total. The van der Waals surface area contributed by atoms with Crippen LogP contribution in [-0.2, 0) is 14.3 Å². The average molecular weight is 300 g/mol. The maximum Gasteiger partial charge on any atom is 0.333 e. The molecule has 0 bridgehead atoms. The first-order chi connectivity index (χ1) is 10.0. The summed E-state index contributed by atoms with van der Waals surface area (Å²) in [5.74, 6) is -0.905. The Hall–Kier alpha value is -0.870. The minimum atomic E-state index is -0.905. The number of carboxylic acid groups (broad SMARTS) is 1. The molecule has 0 spiro atoms. The summed E-state index contributed by atoms with van der Waals surface area (Å²) in [5, 5.41) is 9.27. The van der Waals surface area contributed by atoms with Crippen LogP contribution in [0.2, 0.25) is 0 Å². The van der Waals surface area contributed by atoms with Crippen molar-refractivity contribution in [2.24, 2.45) is 0 Å². The Morgan fingerprint density at radius 2 is 1.71 bits per heavy atom. The molecule has 21 heavy (non-hydrogen) atoms. The Labute approximate surface area is 129 Å². The molecule has 0 aromatic heterocycles. The van der Waals surface area contributed by atoms with E-state index in [-0.39, 0.29) is 6.29 Å². The average Bonchev–Trinajstić information content (AvgIpc) is 2.41. The van der Waals surface area contributed by atoms with E-state index in [0.717, 1.165) is 19.3 Å². The maximum absolute atomic E-state index is 11.3. The molecule has 0 saturated carbocycles. The third-order valence-corrected chi connectivity index (χ3v) is 3.40. The first-order valence-electron chi connectivity index (χ1n) is 8.23. The lowest BCUT2D eigenvalue weighted by Gasteiger charge is -2.19. The molecule has 0 heterocycles. The van der Waals surface area contributed by atoms with E-state index in [1.165, 1.54) is 25.7 Å². The molecule has 124 valence electrons. The maximum atomic E-state index is 11.3. The summed E-state index contributed by atoms with van der Waals surface area (Å²) in [5.41, 5.74) is 0.329. The van der Waals surface area contributed by atoms with Crippen molar-refractivity contribution < 1.29 is 19.4 Å². The molecular formula is C17H32O4. The van der Waals surface area contributed by atoms with Crippen LogP contribution in [0.15, 0.2) is 11.6 Å². The van der Waals surface area contributed by atoms with E-state index in [1.807, 2.05) is 6.92 Å². The van der Waals surface area contributed by atoms with E-state index in [4.69, 9.17) is 9.47 Å². The number of allylic oxidation sites excluding steroid dienone is 1. The van der Waals surface area contributed by atoms with Gasteiger partial charge >= 0.3 is 5.97 Å². The van der Waals surface area contributed by atoms with Gasteiger partial charge in [-0.05, 0) is 33.6 Å². The first-order valence-corrected chi connectivity index (χ1v) is 8.23. The second-order valence-electron chi connectivity index (χ2n) is 5.32. The van der Waals surface area contributed by atoms with Crippen LogP contribution in [-0.4, -0.2) is 30.1 Å². The molecule has 0 fully saturated rings. The van der Waals surface area contributed by atoms with Gasteiger partial charge in [-0.25, -0.2) is 4.79 Å². The highest BCUT2D eigenvalue weighted by Gasteiger charge is 2.18. The normalized spacial score (nSPS) is 15.0. The van der Waals surface area contributed by atoms with Crippen molar-refractivity contribution in [1.29, 1.82) is 0 Å². The van der Waals surface area contributed by atoms with Crippen LogP contribution >= 0.6 is 0 Å². The summed E-state index contributed by atoms with van der Waals surface area (Å²) in [6.07, 6.45) is 8.99. The zero-order chi connectivity index (χ0) is 16.1. The SMILES string of the molecule is CCCCCCCCC=C(C(=O)O)C(C)OC(C)OCC. The van der Waals surface area contributed by atoms with Crippen molar-refractivity contribution in [2.45, 2.75) is 85.0 Å². The van der Waals surface area contributed by atoms with Gasteiger partial charge in [-0.3, -0.25) is 0 Å². The van der Waals surface area contributed by atoms with Crippen LogP contribution in [0, 0.1) is 0 Å². The van der Waals surface area contributed by atoms with E-state index < -0.39 is 12.1 Å². The van der Waals surface area contributed by atoms with Gasteiger partial charge in [0.25, 0.3) is 0 Å². The quantitative estimate of drug-likeness (QED) is 0.308. The van der Waals surface area contributed by atoms with Gasteiger partial charge in [-0.2, -0.15) is 0 Å². The molecule has 0 saturated heterocycles. The third kappa shape index (κ3) is 10.5. The summed E-state index contributed by atoms with van der Waals surface area (Å²) in [6, 6.07) is 0. The van der Waals surface area contributed by atoms with Crippen molar-refractivity contribution in [3.05, 3.63) is 11.6 Å². The lowest BCUT2D eigenvalue weighted by Crippen LogP contribution is -2.25. The standard InChI is InChI=1S/C17H32O4/c1-5-7-8-9-10-11-12-13-16(17(18)19)14(3)21-15(4)20-6-2/h13-15H,5-12H2,1-4H3,(H,18,19). The molecule has 0 aromatic carbocycles. The number of carbonyl (C=O) groups is 1. The Morgan fingerprint density at radius 3 is 2.29 bits per heavy atom. The number of rotatable bonds is 13. The van der Waals surface area contributed by atoms with E-state index >= 15 is 0 Å². The van der Waals surface area contributed by atoms with E-state index in [1.54, 1.807) is 19.9 Å². The third-order valence-electron chi connectivity index (χ3n) is 3.40. The molecule has 0 aliphatic carbocycles. The molecule has 0 radical (unpaired) electrons. The van der Waals surface area contributed by atoms with Crippen LogP contribution in [0.25, 0.3) is 0 Å². The molecular weight excluding hydrogens is 268 g/mol. The summed E-state index contributed by atoms with van der Waals surface area (Å²) >= 11 is 0. The van der Waals surface area contributed by atoms with Gasteiger partial charge in [-0.15, -0.1) is 0 Å². The molecule has 0 aliphatic heterocycles. The summed E-state index contributed by atoms with van der Waals surface area (Å²) in [6.45, 7) is 8.19. The number of unbranched alkanes of at least 4 members (excludes halogenated alkanes) is 6. The first kappa shape index (κ1) is 20.1. The number of carboxylic acids is 1. The fraction of sp³-hybridized carbons (Fsp3) is 0.824. The molecule has 0 aromatic rings.